The van der Waals surface area contributed by atoms with Gasteiger partial charge in [0.2, 0.25) is 0 Å². The van der Waals surface area contributed by atoms with Crippen LogP contribution in [0.25, 0.3) is 0 Å². The number of rotatable bonds is 8. The van der Waals surface area contributed by atoms with Crippen LogP contribution in [-0.4, -0.2) is 33.3 Å². The molecule has 2 aromatic carbocycles. The third-order valence-corrected chi connectivity index (χ3v) is 5.12. The zero-order valence-corrected chi connectivity index (χ0v) is 19.5. The fourth-order valence-electron chi connectivity index (χ4n) is 3.31. The number of aliphatic imine (C=N–C) groups is 1. The van der Waals surface area contributed by atoms with Gasteiger partial charge in [-0.1, -0.05) is 30.2 Å². The van der Waals surface area contributed by atoms with E-state index in [9.17, 15) is 4.39 Å². The number of hydrogen-bond donors (Lipinski definition) is 2. The highest BCUT2D eigenvalue weighted by atomic mass is 127. The van der Waals surface area contributed by atoms with E-state index < -0.39 is 0 Å². The van der Waals surface area contributed by atoms with Gasteiger partial charge in [-0.15, -0.1) is 30.4 Å². The summed E-state index contributed by atoms with van der Waals surface area (Å²) in [6.45, 7) is 1.35. The Hall–Kier alpha value is -2.47. The van der Waals surface area contributed by atoms with Gasteiger partial charge in [-0.25, -0.2) is 4.39 Å². The summed E-state index contributed by atoms with van der Waals surface area (Å²) in [5.41, 5.74) is 1.61. The Bertz CT molecular complexity index is 923. The third-order valence-electron chi connectivity index (χ3n) is 5.12. The molecule has 0 bridgehead atoms. The number of guanidine groups is 1. The standard InChI is InChI=1S/C23H26FN3O2.HI/c1-4-13-29-21-14-17(9-10-20(21)28-3)15-26-22(25-2)27-16-23(11-12-23)18-7-5-6-8-19(18)24;/h1,5-10,14H,11-13,15-16H2,2-3H3,(H2,25,26,27);1H. The van der Waals surface area contributed by atoms with E-state index in [0.29, 0.717) is 30.5 Å². The number of hydrogen-bond acceptors (Lipinski definition) is 3. The summed E-state index contributed by atoms with van der Waals surface area (Å²) in [5.74, 6) is 4.20. The number of nitrogens with zero attached hydrogens (tertiary/aromatic N) is 1. The van der Waals surface area contributed by atoms with Crippen molar-refractivity contribution in [2.45, 2.75) is 24.8 Å². The van der Waals surface area contributed by atoms with Gasteiger partial charge in [-0.2, -0.15) is 0 Å². The average molecular weight is 523 g/mol. The lowest BCUT2D eigenvalue weighted by molar-refractivity contribution is 0.330. The van der Waals surface area contributed by atoms with Crippen LogP contribution >= 0.6 is 24.0 Å². The summed E-state index contributed by atoms with van der Waals surface area (Å²) in [7, 11) is 3.30. The minimum atomic E-state index is -0.153. The molecule has 3 rings (SSSR count). The molecule has 1 aliphatic rings. The Morgan fingerprint density at radius 2 is 1.97 bits per heavy atom. The highest BCUT2D eigenvalue weighted by Crippen LogP contribution is 2.48. The van der Waals surface area contributed by atoms with Gasteiger partial charge in [0.05, 0.1) is 7.11 Å². The Labute approximate surface area is 194 Å². The van der Waals surface area contributed by atoms with Gasteiger partial charge in [-0.3, -0.25) is 4.99 Å². The number of methoxy groups -OCH3 is 1. The van der Waals surface area contributed by atoms with Gasteiger partial charge in [0.25, 0.3) is 0 Å². The first-order valence-corrected chi connectivity index (χ1v) is 9.54. The van der Waals surface area contributed by atoms with Crippen LogP contribution in [0.15, 0.2) is 47.5 Å². The molecular formula is C23H27FIN3O2. The molecule has 160 valence electrons. The van der Waals surface area contributed by atoms with Crippen LogP contribution in [0.2, 0.25) is 0 Å². The van der Waals surface area contributed by atoms with Crippen LogP contribution in [0, 0.1) is 18.2 Å². The average Bonchev–Trinajstić information content (AvgIpc) is 3.53. The first-order valence-electron chi connectivity index (χ1n) is 9.54. The fourth-order valence-corrected chi connectivity index (χ4v) is 3.31. The lowest BCUT2D eigenvalue weighted by Gasteiger charge is -2.20. The van der Waals surface area contributed by atoms with Crippen LogP contribution in [0.3, 0.4) is 0 Å². The molecule has 1 fully saturated rings. The molecule has 0 amide bonds. The molecular weight excluding hydrogens is 496 g/mol. The van der Waals surface area contributed by atoms with Crippen LogP contribution in [0.1, 0.15) is 24.0 Å². The minimum absolute atomic E-state index is 0. The summed E-state index contributed by atoms with van der Waals surface area (Å²) in [6.07, 6.45) is 7.20. The number of terminal acetylenes is 1. The summed E-state index contributed by atoms with van der Waals surface area (Å²) in [5, 5.41) is 6.61. The molecule has 0 spiro atoms. The SMILES string of the molecule is C#CCOc1cc(CNC(=NC)NCC2(c3ccccc3F)CC2)ccc1OC.I. The second kappa shape index (κ2) is 11.1. The van der Waals surface area contributed by atoms with E-state index in [4.69, 9.17) is 15.9 Å². The Morgan fingerprint density at radius 3 is 2.60 bits per heavy atom. The van der Waals surface area contributed by atoms with E-state index in [1.807, 2.05) is 30.3 Å². The quantitative estimate of drug-likeness (QED) is 0.239. The maximum Gasteiger partial charge on any atom is 0.191 e. The van der Waals surface area contributed by atoms with E-state index in [1.165, 1.54) is 6.07 Å². The Morgan fingerprint density at radius 1 is 1.20 bits per heavy atom. The molecule has 7 heteroatoms. The molecule has 1 aliphatic carbocycles. The van der Waals surface area contributed by atoms with Crippen LogP contribution in [-0.2, 0) is 12.0 Å². The third kappa shape index (κ3) is 5.79. The lowest BCUT2D eigenvalue weighted by atomic mass is 9.95. The van der Waals surface area contributed by atoms with E-state index in [1.54, 1.807) is 20.2 Å². The van der Waals surface area contributed by atoms with E-state index in [0.717, 1.165) is 24.0 Å². The van der Waals surface area contributed by atoms with Gasteiger partial charge < -0.3 is 20.1 Å². The molecule has 30 heavy (non-hydrogen) atoms. The van der Waals surface area contributed by atoms with Crippen molar-refractivity contribution in [2.24, 2.45) is 4.99 Å². The normalized spacial score (nSPS) is 14.1. The summed E-state index contributed by atoms with van der Waals surface area (Å²) < 4.78 is 25.0. The second-order valence-corrected chi connectivity index (χ2v) is 7.02. The van der Waals surface area contributed by atoms with E-state index in [2.05, 4.69) is 21.5 Å². The first kappa shape index (κ1) is 23.8. The molecule has 5 nitrogen and oxygen atoms in total. The lowest BCUT2D eigenvalue weighted by Crippen LogP contribution is -2.41. The Kier molecular flexibility index (Phi) is 8.78. The molecule has 0 unspecified atom stereocenters. The van der Waals surface area contributed by atoms with Crippen LogP contribution in [0.4, 0.5) is 4.39 Å². The smallest absolute Gasteiger partial charge is 0.191 e. The second-order valence-electron chi connectivity index (χ2n) is 7.02. The van der Waals surface area contributed by atoms with Crippen LogP contribution < -0.4 is 20.1 Å². The first-order chi connectivity index (χ1) is 14.1. The zero-order valence-electron chi connectivity index (χ0n) is 17.2. The number of halogens is 2. The predicted molar refractivity (Wildman–Crippen MR) is 128 cm³/mol. The topological polar surface area (TPSA) is 54.9 Å². The van der Waals surface area contributed by atoms with Gasteiger partial charge >= 0.3 is 0 Å². The summed E-state index contributed by atoms with van der Waals surface area (Å²) in [6, 6.07) is 12.7. The zero-order chi connectivity index (χ0) is 20.7. The van der Waals surface area contributed by atoms with Gasteiger partial charge in [0, 0.05) is 25.6 Å². The van der Waals surface area contributed by atoms with Crippen molar-refractivity contribution in [3.63, 3.8) is 0 Å². The van der Waals surface area contributed by atoms with Gasteiger partial charge in [0.15, 0.2) is 17.5 Å². The highest BCUT2D eigenvalue weighted by Gasteiger charge is 2.45. The van der Waals surface area contributed by atoms with Crippen molar-refractivity contribution >= 4 is 29.9 Å². The molecule has 2 N–H and O–H groups in total. The minimum Gasteiger partial charge on any atom is -0.493 e. The monoisotopic (exact) mass is 523 g/mol. The van der Waals surface area contributed by atoms with Gasteiger partial charge in [-0.05, 0) is 42.2 Å². The molecule has 0 aromatic heterocycles. The molecule has 1 saturated carbocycles. The maximum atomic E-state index is 14.2. The van der Waals surface area contributed by atoms with Crippen molar-refractivity contribution in [3.8, 4) is 23.8 Å². The highest BCUT2D eigenvalue weighted by molar-refractivity contribution is 14.0. The van der Waals surface area contributed by atoms with Crippen molar-refractivity contribution in [1.82, 2.24) is 10.6 Å². The van der Waals surface area contributed by atoms with E-state index in [-0.39, 0.29) is 41.8 Å². The molecule has 0 aliphatic heterocycles. The number of nitrogens with one attached hydrogen (secondary N) is 2. The molecule has 0 saturated heterocycles. The van der Waals surface area contributed by atoms with Crippen molar-refractivity contribution in [2.75, 3.05) is 27.3 Å². The summed E-state index contributed by atoms with van der Waals surface area (Å²) >= 11 is 0. The molecule has 0 radical (unpaired) electrons. The van der Waals surface area contributed by atoms with Crippen molar-refractivity contribution in [3.05, 3.63) is 59.4 Å². The summed E-state index contributed by atoms with van der Waals surface area (Å²) in [4.78, 5) is 4.27. The predicted octanol–water partition coefficient (Wildman–Crippen LogP) is 3.86. The van der Waals surface area contributed by atoms with E-state index >= 15 is 0 Å². The maximum absolute atomic E-state index is 14.2. The number of benzene rings is 2. The van der Waals surface area contributed by atoms with Crippen molar-refractivity contribution in [1.29, 1.82) is 0 Å². The Balaban J connectivity index is 0.00000320. The molecule has 2 aromatic rings. The van der Waals surface area contributed by atoms with Crippen LogP contribution in [0.5, 0.6) is 11.5 Å². The van der Waals surface area contributed by atoms with Crippen molar-refractivity contribution < 1.29 is 13.9 Å². The largest absolute Gasteiger partial charge is 0.493 e. The number of ether oxygens (including phenoxy) is 2. The van der Waals surface area contributed by atoms with Gasteiger partial charge in [0.1, 0.15) is 12.4 Å². The fraction of sp³-hybridized carbons (Fsp3) is 0.348. The molecule has 0 atom stereocenters. The molecule has 0 heterocycles.